The van der Waals surface area contributed by atoms with E-state index in [4.69, 9.17) is 0 Å². The zero-order valence-electron chi connectivity index (χ0n) is 11.4. The standard InChI is InChI=1S/C14H22N2OS.ClH/c1-11(12-4-2-6-15-9-12)8-14(17)16-10-13-5-3-7-18-13;/h3,5,7,11-12,15H,2,4,6,8-10H2,1H3,(H,16,17);1H. The van der Waals surface area contributed by atoms with E-state index in [2.05, 4.69) is 23.6 Å². The van der Waals surface area contributed by atoms with Crippen molar-refractivity contribution < 1.29 is 4.79 Å². The first-order valence-electron chi connectivity index (χ1n) is 6.75. The molecule has 1 aromatic rings. The Balaban J connectivity index is 0.00000180. The molecule has 0 spiro atoms. The molecule has 1 amide bonds. The smallest absolute Gasteiger partial charge is 0.220 e. The highest BCUT2D eigenvalue weighted by Gasteiger charge is 2.21. The Morgan fingerprint density at radius 3 is 3.11 bits per heavy atom. The van der Waals surface area contributed by atoms with Crippen LogP contribution in [0.5, 0.6) is 0 Å². The summed E-state index contributed by atoms with van der Waals surface area (Å²) in [5, 5.41) is 8.46. The molecule has 0 saturated carbocycles. The van der Waals surface area contributed by atoms with E-state index in [1.54, 1.807) is 11.3 Å². The lowest BCUT2D eigenvalue weighted by Crippen LogP contribution is -2.35. The summed E-state index contributed by atoms with van der Waals surface area (Å²) in [4.78, 5) is 13.1. The number of rotatable bonds is 5. The number of piperidine rings is 1. The van der Waals surface area contributed by atoms with Crippen LogP contribution in [0.1, 0.15) is 31.1 Å². The molecule has 1 saturated heterocycles. The zero-order chi connectivity index (χ0) is 12.8. The van der Waals surface area contributed by atoms with Gasteiger partial charge in [0.25, 0.3) is 0 Å². The van der Waals surface area contributed by atoms with Crippen LogP contribution in [0, 0.1) is 11.8 Å². The summed E-state index contributed by atoms with van der Waals surface area (Å²) in [7, 11) is 0. The van der Waals surface area contributed by atoms with Crippen LogP contribution in [0.25, 0.3) is 0 Å². The van der Waals surface area contributed by atoms with Crippen LogP contribution in [-0.2, 0) is 11.3 Å². The number of halogens is 1. The lowest BCUT2D eigenvalue weighted by Gasteiger charge is -2.27. The summed E-state index contributed by atoms with van der Waals surface area (Å²) in [6, 6.07) is 4.07. The second-order valence-corrected chi connectivity index (χ2v) is 6.18. The van der Waals surface area contributed by atoms with E-state index in [9.17, 15) is 4.79 Å². The molecule has 0 bridgehead atoms. The van der Waals surface area contributed by atoms with Gasteiger partial charge >= 0.3 is 0 Å². The topological polar surface area (TPSA) is 41.1 Å². The van der Waals surface area contributed by atoms with Crippen LogP contribution in [0.15, 0.2) is 17.5 Å². The van der Waals surface area contributed by atoms with Crippen LogP contribution in [0.2, 0.25) is 0 Å². The molecular weight excluding hydrogens is 280 g/mol. The van der Waals surface area contributed by atoms with Gasteiger partial charge in [-0.05, 0) is 49.2 Å². The molecule has 2 heterocycles. The van der Waals surface area contributed by atoms with Gasteiger partial charge in [0.2, 0.25) is 5.91 Å². The fourth-order valence-corrected chi connectivity index (χ4v) is 3.14. The van der Waals surface area contributed by atoms with Crippen molar-refractivity contribution in [3.05, 3.63) is 22.4 Å². The molecule has 108 valence electrons. The van der Waals surface area contributed by atoms with E-state index in [-0.39, 0.29) is 18.3 Å². The molecule has 1 fully saturated rings. The van der Waals surface area contributed by atoms with Crippen molar-refractivity contribution in [2.24, 2.45) is 11.8 Å². The maximum absolute atomic E-state index is 11.9. The van der Waals surface area contributed by atoms with Crippen molar-refractivity contribution >= 4 is 29.7 Å². The minimum absolute atomic E-state index is 0. The molecule has 1 aliphatic heterocycles. The Kier molecular flexibility index (Phi) is 7.42. The Hall–Kier alpha value is -0.580. The number of hydrogen-bond donors (Lipinski definition) is 2. The number of nitrogens with one attached hydrogen (secondary N) is 2. The van der Waals surface area contributed by atoms with Crippen molar-refractivity contribution in [1.29, 1.82) is 0 Å². The molecule has 2 N–H and O–H groups in total. The molecule has 0 aliphatic carbocycles. The Morgan fingerprint density at radius 2 is 2.47 bits per heavy atom. The van der Waals surface area contributed by atoms with E-state index < -0.39 is 0 Å². The number of hydrogen-bond acceptors (Lipinski definition) is 3. The quantitative estimate of drug-likeness (QED) is 0.878. The maximum Gasteiger partial charge on any atom is 0.220 e. The first-order valence-corrected chi connectivity index (χ1v) is 7.63. The molecule has 3 nitrogen and oxygen atoms in total. The summed E-state index contributed by atoms with van der Waals surface area (Å²) in [5.74, 6) is 1.31. The average Bonchev–Trinajstić information content (AvgIpc) is 2.90. The molecule has 2 rings (SSSR count). The third kappa shape index (κ3) is 5.51. The van der Waals surface area contributed by atoms with E-state index in [1.807, 2.05) is 11.4 Å². The molecule has 1 aliphatic rings. The van der Waals surface area contributed by atoms with Crippen LogP contribution in [0.3, 0.4) is 0 Å². The monoisotopic (exact) mass is 302 g/mol. The van der Waals surface area contributed by atoms with Crippen molar-refractivity contribution in [2.45, 2.75) is 32.7 Å². The number of carbonyl (C=O) groups is 1. The first-order chi connectivity index (χ1) is 8.75. The molecule has 0 radical (unpaired) electrons. The van der Waals surface area contributed by atoms with Crippen molar-refractivity contribution in [1.82, 2.24) is 10.6 Å². The van der Waals surface area contributed by atoms with Gasteiger partial charge in [0.1, 0.15) is 0 Å². The minimum Gasteiger partial charge on any atom is -0.351 e. The number of thiophene rings is 1. The SMILES string of the molecule is CC(CC(=O)NCc1cccs1)C1CCCNC1.Cl. The molecule has 2 unspecified atom stereocenters. The second-order valence-electron chi connectivity index (χ2n) is 5.14. The average molecular weight is 303 g/mol. The summed E-state index contributed by atoms with van der Waals surface area (Å²) < 4.78 is 0. The fraction of sp³-hybridized carbons (Fsp3) is 0.643. The van der Waals surface area contributed by atoms with Gasteiger partial charge in [0, 0.05) is 11.3 Å². The summed E-state index contributed by atoms with van der Waals surface area (Å²) in [6.07, 6.45) is 3.15. The van der Waals surface area contributed by atoms with E-state index in [0.29, 0.717) is 24.8 Å². The highest BCUT2D eigenvalue weighted by molar-refractivity contribution is 7.09. The van der Waals surface area contributed by atoms with E-state index in [1.165, 1.54) is 17.7 Å². The summed E-state index contributed by atoms with van der Waals surface area (Å²) in [5.41, 5.74) is 0. The van der Waals surface area contributed by atoms with Crippen LogP contribution < -0.4 is 10.6 Å². The Labute approximate surface area is 125 Å². The largest absolute Gasteiger partial charge is 0.351 e. The van der Waals surface area contributed by atoms with Gasteiger partial charge in [0.15, 0.2) is 0 Å². The molecule has 2 atom stereocenters. The summed E-state index contributed by atoms with van der Waals surface area (Å²) >= 11 is 1.69. The maximum atomic E-state index is 11.9. The Bertz CT molecular complexity index is 364. The predicted octanol–water partition coefficient (Wildman–Crippen LogP) is 2.81. The van der Waals surface area contributed by atoms with Crippen molar-refractivity contribution in [3.63, 3.8) is 0 Å². The van der Waals surface area contributed by atoms with Crippen molar-refractivity contribution in [3.8, 4) is 0 Å². The predicted molar refractivity (Wildman–Crippen MR) is 82.8 cm³/mol. The van der Waals surface area contributed by atoms with Gasteiger partial charge in [-0.2, -0.15) is 0 Å². The lowest BCUT2D eigenvalue weighted by atomic mass is 9.85. The van der Waals surface area contributed by atoms with Crippen LogP contribution in [-0.4, -0.2) is 19.0 Å². The zero-order valence-corrected chi connectivity index (χ0v) is 13.0. The highest BCUT2D eigenvalue weighted by atomic mass is 35.5. The van der Waals surface area contributed by atoms with Gasteiger partial charge < -0.3 is 10.6 Å². The highest BCUT2D eigenvalue weighted by Crippen LogP contribution is 2.22. The van der Waals surface area contributed by atoms with E-state index in [0.717, 1.165) is 13.1 Å². The molecule has 1 aromatic heterocycles. The number of carbonyl (C=O) groups excluding carboxylic acids is 1. The van der Waals surface area contributed by atoms with Crippen molar-refractivity contribution in [2.75, 3.05) is 13.1 Å². The van der Waals surface area contributed by atoms with Gasteiger partial charge in [-0.15, -0.1) is 23.7 Å². The van der Waals surface area contributed by atoms with Crippen LogP contribution >= 0.6 is 23.7 Å². The fourth-order valence-electron chi connectivity index (χ4n) is 2.49. The molecule has 0 aromatic carbocycles. The molecule has 19 heavy (non-hydrogen) atoms. The van der Waals surface area contributed by atoms with Gasteiger partial charge in [0.05, 0.1) is 6.54 Å². The first kappa shape index (κ1) is 16.5. The third-order valence-corrected chi connectivity index (χ3v) is 4.56. The lowest BCUT2D eigenvalue weighted by molar-refractivity contribution is -0.122. The third-order valence-electron chi connectivity index (χ3n) is 3.69. The molecular formula is C14H23ClN2OS. The summed E-state index contributed by atoms with van der Waals surface area (Å²) in [6.45, 7) is 5.07. The molecule has 5 heteroatoms. The van der Waals surface area contributed by atoms with Crippen LogP contribution in [0.4, 0.5) is 0 Å². The second kappa shape index (κ2) is 8.56. The Morgan fingerprint density at radius 1 is 1.63 bits per heavy atom. The van der Waals surface area contributed by atoms with E-state index >= 15 is 0 Å². The van der Waals surface area contributed by atoms with Gasteiger partial charge in [-0.1, -0.05) is 13.0 Å². The normalized spacial score (nSPS) is 20.4. The van der Waals surface area contributed by atoms with Gasteiger partial charge in [-0.25, -0.2) is 0 Å². The number of amides is 1. The van der Waals surface area contributed by atoms with Gasteiger partial charge in [-0.3, -0.25) is 4.79 Å². The minimum atomic E-state index is 0.